The number of nitrogens with one attached hydrogen (secondary N) is 1. The van der Waals surface area contributed by atoms with Crippen LogP contribution in [0.3, 0.4) is 0 Å². The van der Waals surface area contributed by atoms with Crippen molar-refractivity contribution >= 4 is 40.0 Å². The molecule has 0 aromatic heterocycles. The highest BCUT2D eigenvalue weighted by atomic mass is 127. The SMILES string of the molecule is CCNC(=NCc1cccc(S(N)(=O)=O)c1)N1CCC(OCC2CCCCO2)CC1.I. The Bertz CT molecular complexity index is 807. The van der Waals surface area contributed by atoms with Gasteiger partial charge in [-0.2, -0.15) is 0 Å². The molecule has 31 heavy (non-hydrogen) atoms. The first-order valence-electron chi connectivity index (χ1n) is 10.8. The molecule has 1 unspecified atom stereocenters. The summed E-state index contributed by atoms with van der Waals surface area (Å²) in [5.41, 5.74) is 0.808. The molecule has 0 aliphatic carbocycles. The number of guanidine groups is 1. The molecule has 2 heterocycles. The zero-order valence-corrected chi connectivity index (χ0v) is 21.3. The number of aliphatic imine (C=N–C) groups is 1. The maximum Gasteiger partial charge on any atom is 0.238 e. The van der Waals surface area contributed by atoms with Gasteiger partial charge in [-0.05, 0) is 56.7 Å². The fraction of sp³-hybridized carbons (Fsp3) is 0.667. The minimum Gasteiger partial charge on any atom is -0.376 e. The van der Waals surface area contributed by atoms with E-state index in [1.165, 1.54) is 12.5 Å². The Labute approximate surface area is 203 Å². The quantitative estimate of drug-likeness (QED) is 0.299. The molecule has 0 bridgehead atoms. The predicted molar refractivity (Wildman–Crippen MR) is 132 cm³/mol. The second-order valence-corrected chi connectivity index (χ2v) is 9.43. The fourth-order valence-corrected chi connectivity index (χ4v) is 4.41. The van der Waals surface area contributed by atoms with Gasteiger partial charge in [-0.1, -0.05) is 12.1 Å². The van der Waals surface area contributed by atoms with Gasteiger partial charge in [0.05, 0.1) is 30.3 Å². The van der Waals surface area contributed by atoms with Gasteiger partial charge in [0.15, 0.2) is 5.96 Å². The normalized spacial score (nSPS) is 20.9. The molecule has 0 amide bonds. The standard InChI is InChI=1S/C21H34N4O4S.HI/c1-2-23-21(24-15-17-6-5-8-20(14-17)30(22,26)27)25-11-9-18(10-12-25)29-16-19-7-3-4-13-28-19;/h5-6,8,14,18-19H,2-4,7,9-13,15-16H2,1H3,(H,23,24)(H2,22,26,27);1H. The summed E-state index contributed by atoms with van der Waals surface area (Å²) in [6, 6.07) is 6.62. The van der Waals surface area contributed by atoms with Crippen LogP contribution in [0, 0.1) is 0 Å². The lowest BCUT2D eigenvalue weighted by atomic mass is 10.1. The van der Waals surface area contributed by atoms with Crippen LogP contribution in [0.4, 0.5) is 0 Å². The largest absolute Gasteiger partial charge is 0.376 e. The van der Waals surface area contributed by atoms with E-state index in [9.17, 15) is 8.42 Å². The highest BCUT2D eigenvalue weighted by Gasteiger charge is 2.23. The molecule has 1 aromatic carbocycles. The number of sulfonamides is 1. The van der Waals surface area contributed by atoms with Crippen molar-refractivity contribution < 1.29 is 17.9 Å². The Morgan fingerprint density at radius 3 is 2.71 bits per heavy atom. The lowest BCUT2D eigenvalue weighted by molar-refractivity contribution is -0.0721. The van der Waals surface area contributed by atoms with Crippen molar-refractivity contribution in [1.82, 2.24) is 10.2 Å². The number of benzene rings is 1. The van der Waals surface area contributed by atoms with Gasteiger partial charge in [0.2, 0.25) is 10.0 Å². The maximum absolute atomic E-state index is 11.6. The minimum absolute atomic E-state index is 0. The summed E-state index contributed by atoms with van der Waals surface area (Å²) < 4.78 is 35.0. The molecule has 3 N–H and O–H groups in total. The highest BCUT2D eigenvalue weighted by molar-refractivity contribution is 14.0. The highest BCUT2D eigenvalue weighted by Crippen LogP contribution is 2.18. The Kier molecular flexibility index (Phi) is 11.0. The smallest absolute Gasteiger partial charge is 0.238 e. The van der Waals surface area contributed by atoms with Crippen LogP contribution in [-0.4, -0.2) is 64.3 Å². The molecule has 2 fully saturated rings. The summed E-state index contributed by atoms with van der Waals surface area (Å²) in [4.78, 5) is 7.06. The van der Waals surface area contributed by atoms with Crippen LogP contribution in [0.15, 0.2) is 34.2 Å². The van der Waals surface area contributed by atoms with Gasteiger partial charge in [0.1, 0.15) is 0 Å². The zero-order valence-electron chi connectivity index (χ0n) is 18.2. The van der Waals surface area contributed by atoms with E-state index in [0.29, 0.717) is 13.2 Å². The number of nitrogens with zero attached hydrogens (tertiary/aromatic N) is 2. The number of nitrogens with two attached hydrogens (primary N) is 1. The predicted octanol–water partition coefficient (Wildman–Crippen LogP) is 2.47. The lowest BCUT2D eigenvalue weighted by Crippen LogP contribution is -2.47. The van der Waals surface area contributed by atoms with Gasteiger partial charge >= 0.3 is 0 Å². The second kappa shape index (κ2) is 12.9. The van der Waals surface area contributed by atoms with Gasteiger partial charge in [-0.15, -0.1) is 24.0 Å². The van der Waals surface area contributed by atoms with Gasteiger partial charge in [0.25, 0.3) is 0 Å². The van der Waals surface area contributed by atoms with E-state index >= 15 is 0 Å². The monoisotopic (exact) mass is 566 g/mol. The van der Waals surface area contributed by atoms with Crippen molar-refractivity contribution in [3.63, 3.8) is 0 Å². The molecular weight excluding hydrogens is 531 g/mol. The lowest BCUT2D eigenvalue weighted by Gasteiger charge is -2.35. The van der Waals surface area contributed by atoms with E-state index in [1.807, 2.05) is 13.0 Å². The van der Waals surface area contributed by atoms with Crippen LogP contribution in [0.25, 0.3) is 0 Å². The van der Waals surface area contributed by atoms with E-state index in [1.54, 1.807) is 12.1 Å². The molecule has 8 nitrogen and oxygen atoms in total. The number of primary sulfonamides is 1. The molecule has 176 valence electrons. The topological polar surface area (TPSA) is 106 Å². The Morgan fingerprint density at radius 1 is 1.29 bits per heavy atom. The van der Waals surface area contributed by atoms with Gasteiger partial charge < -0.3 is 19.7 Å². The summed E-state index contributed by atoms with van der Waals surface area (Å²) in [5, 5.41) is 8.57. The van der Waals surface area contributed by atoms with Crippen LogP contribution in [0.5, 0.6) is 0 Å². The van der Waals surface area contributed by atoms with Crippen LogP contribution in [0.1, 0.15) is 44.6 Å². The fourth-order valence-electron chi connectivity index (χ4n) is 3.83. The van der Waals surface area contributed by atoms with E-state index in [0.717, 1.165) is 63.4 Å². The maximum atomic E-state index is 11.6. The van der Waals surface area contributed by atoms with Crippen molar-refractivity contribution in [2.45, 2.75) is 62.7 Å². The van der Waals surface area contributed by atoms with Crippen molar-refractivity contribution in [2.75, 3.05) is 32.8 Å². The Hall–Kier alpha value is -0.950. The number of hydrogen-bond acceptors (Lipinski definition) is 5. The summed E-state index contributed by atoms with van der Waals surface area (Å²) in [7, 11) is -3.71. The third-order valence-electron chi connectivity index (χ3n) is 5.51. The van der Waals surface area contributed by atoms with Crippen molar-refractivity contribution in [3.05, 3.63) is 29.8 Å². The number of halogens is 1. The number of piperidine rings is 1. The van der Waals surface area contributed by atoms with E-state index < -0.39 is 10.0 Å². The van der Waals surface area contributed by atoms with E-state index in [-0.39, 0.29) is 41.1 Å². The first-order chi connectivity index (χ1) is 14.5. The van der Waals surface area contributed by atoms with E-state index in [2.05, 4.69) is 10.2 Å². The summed E-state index contributed by atoms with van der Waals surface area (Å²) >= 11 is 0. The third-order valence-corrected chi connectivity index (χ3v) is 6.42. The Balaban J connectivity index is 0.00000341. The molecule has 1 aromatic rings. The van der Waals surface area contributed by atoms with Crippen LogP contribution in [-0.2, 0) is 26.0 Å². The van der Waals surface area contributed by atoms with Crippen LogP contribution < -0.4 is 10.5 Å². The number of hydrogen-bond donors (Lipinski definition) is 2. The van der Waals surface area contributed by atoms with E-state index in [4.69, 9.17) is 19.6 Å². The molecular formula is C21H35IN4O4S. The van der Waals surface area contributed by atoms with Crippen molar-refractivity contribution in [2.24, 2.45) is 10.1 Å². The first kappa shape index (κ1) is 26.3. The molecule has 2 aliphatic rings. The molecule has 0 radical (unpaired) electrons. The molecule has 0 saturated carbocycles. The van der Waals surface area contributed by atoms with Crippen LogP contribution in [0.2, 0.25) is 0 Å². The molecule has 0 spiro atoms. The molecule has 1 atom stereocenters. The van der Waals surface area contributed by atoms with Crippen molar-refractivity contribution in [1.29, 1.82) is 0 Å². The minimum atomic E-state index is -3.71. The second-order valence-electron chi connectivity index (χ2n) is 7.87. The number of likely N-dealkylation sites (tertiary alicyclic amines) is 1. The van der Waals surface area contributed by atoms with Gasteiger partial charge in [-0.25, -0.2) is 18.5 Å². The summed E-state index contributed by atoms with van der Waals surface area (Å²) in [5.74, 6) is 0.840. The number of rotatable bonds is 7. The van der Waals surface area contributed by atoms with Gasteiger partial charge in [0, 0.05) is 26.2 Å². The molecule has 3 rings (SSSR count). The summed E-state index contributed by atoms with van der Waals surface area (Å²) in [6.07, 6.45) is 5.92. The first-order valence-corrected chi connectivity index (χ1v) is 12.4. The zero-order chi connectivity index (χ0) is 21.4. The molecule has 2 saturated heterocycles. The number of ether oxygens (including phenoxy) is 2. The summed E-state index contributed by atoms with van der Waals surface area (Å²) in [6.45, 7) is 6.50. The molecule has 10 heteroatoms. The average Bonchev–Trinajstić information content (AvgIpc) is 2.76. The molecule has 2 aliphatic heterocycles. The van der Waals surface area contributed by atoms with Crippen LogP contribution >= 0.6 is 24.0 Å². The van der Waals surface area contributed by atoms with Gasteiger partial charge in [-0.3, -0.25) is 0 Å². The average molecular weight is 567 g/mol. The Morgan fingerprint density at radius 2 is 2.06 bits per heavy atom. The van der Waals surface area contributed by atoms with Crippen molar-refractivity contribution in [3.8, 4) is 0 Å². The third kappa shape index (κ3) is 8.49.